The van der Waals surface area contributed by atoms with Gasteiger partial charge in [0.15, 0.2) is 5.69 Å². The van der Waals surface area contributed by atoms with Crippen LogP contribution in [0.5, 0.6) is 0 Å². The molecule has 0 aromatic carbocycles. The Morgan fingerprint density at radius 3 is 3.00 bits per heavy atom. The molecule has 74 valence electrons. The Morgan fingerprint density at radius 1 is 1.64 bits per heavy atom. The number of rotatable bonds is 1. The van der Waals surface area contributed by atoms with Gasteiger partial charge in [0.2, 0.25) is 0 Å². The Kier molecular flexibility index (Phi) is 1.77. The van der Waals surface area contributed by atoms with E-state index in [0.717, 1.165) is 0 Å². The van der Waals surface area contributed by atoms with E-state index in [0.29, 0.717) is 24.3 Å². The fourth-order valence-electron chi connectivity index (χ4n) is 1.65. The first-order valence-electron chi connectivity index (χ1n) is 4.17. The van der Waals surface area contributed by atoms with Crippen molar-refractivity contribution in [3.63, 3.8) is 0 Å². The molecule has 1 aliphatic heterocycles. The summed E-state index contributed by atoms with van der Waals surface area (Å²) in [4.78, 5) is 29.6. The largest absolute Gasteiger partial charge is 0.476 e. The summed E-state index contributed by atoms with van der Waals surface area (Å²) in [6.45, 7) is 0.706. The van der Waals surface area contributed by atoms with Crippen molar-refractivity contribution in [3.8, 4) is 0 Å². The summed E-state index contributed by atoms with van der Waals surface area (Å²) in [5.74, 6) is -1.17. The summed E-state index contributed by atoms with van der Waals surface area (Å²) in [5.41, 5.74) is 0.419. The molecule has 1 aromatic heterocycles. The zero-order valence-corrected chi connectivity index (χ0v) is 7.57. The minimum Gasteiger partial charge on any atom is -0.476 e. The molecular formula is C8H9N3O3. The van der Waals surface area contributed by atoms with Crippen LogP contribution in [-0.2, 0) is 6.42 Å². The van der Waals surface area contributed by atoms with Crippen LogP contribution in [-0.4, -0.2) is 34.6 Å². The molecule has 0 atom stereocenters. The normalized spacial score (nSPS) is 14.2. The fourth-order valence-corrected chi connectivity index (χ4v) is 1.65. The summed E-state index contributed by atoms with van der Waals surface area (Å²) in [6.07, 6.45) is 0.657. The summed E-state index contributed by atoms with van der Waals surface area (Å²) in [6, 6.07) is 0. The van der Waals surface area contributed by atoms with Crippen molar-refractivity contribution in [3.05, 3.63) is 21.9 Å². The third-order valence-corrected chi connectivity index (χ3v) is 2.26. The first-order chi connectivity index (χ1) is 6.59. The minimum atomic E-state index is -1.17. The number of carbonyl (C=O) groups is 1. The van der Waals surface area contributed by atoms with Gasteiger partial charge in [0.05, 0.1) is 5.69 Å². The molecule has 0 unspecified atom stereocenters. The van der Waals surface area contributed by atoms with Crippen molar-refractivity contribution in [1.29, 1.82) is 0 Å². The lowest BCUT2D eigenvalue weighted by atomic mass is 10.2. The van der Waals surface area contributed by atoms with Gasteiger partial charge in [0.1, 0.15) is 0 Å². The number of fused-ring (bicyclic) bond motifs is 1. The Labute approximate surface area is 79.2 Å². The first kappa shape index (κ1) is 8.74. The number of hydrogen-bond donors (Lipinski definition) is 2. The maximum Gasteiger partial charge on any atom is 0.356 e. The smallest absolute Gasteiger partial charge is 0.356 e. The number of carboxylic acids is 1. The topological polar surface area (TPSA) is 86.3 Å². The van der Waals surface area contributed by atoms with Crippen LogP contribution < -0.4 is 10.6 Å². The Morgan fingerprint density at radius 2 is 2.36 bits per heavy atom. The quantitative estimate of drug-likeness (QED) is 0.628. The molecule has 0 fully saturated rings. The van der Waals surface area contributed by atoms with Crippen LogP contribution in [0.1, 0.15) is 16.2 Å². The SMILES string of the molecule is CN1CCc2[nH]c(=O)nc(C(=O)O)c21. The van der Waals surface area contributed by atoms with Gasteiger partial charge in [-0.3, -0.25) is 0 Å². The van der Waals surface area contributed by atoms with Crippen LogP contribution in [0.2, 0.25) is 0 Å². The number of nitrogens with zero attached hydrogens (tertiary/aromatic N) is 2. The average Bonchev–Trinajstić information content (AvgIpc) is 2.46. The highest BCUT2D eigenvalue weighted by Gasteiger charge is 2.25. The Bertz CT molecular complexity index is 452. The second-order valence-corrected chi connectivity index (χ2v) is 3.19. The van der Waals surface area contributed by atoms with E-state index in [-0.39, 0.29) is 5.69 Å². The number of aromatic amines is 1. The van der Waals surface area contributed by atoms with E-state index in [4.69, 9.17) is 5.11 Å². The Balaban J connectivity index is 2.71. The number of likely N-dealkylation sites (N-methyl/N-ethyl adjacent to an activating group) is 1. The average molecular weight is 195 g/mol. The number of anilines is 1. The van der Waals surface area contributed by atoms with Crippen LogP contribution in [0.3, 0.4) is 0 Å². The maximum absolute atomic E-state index is 11.0. The number of aromatic carboxylic acids is 1. The predicted octanol–water partition coefficient (Wildman–Crippen LogP) is -0.540. The van der Waals surface area contributed by atoms with Gasteiger partial charge in [-0.1, -0.05) is 0 Å². The number of hydrogen-bond acceptors (Lipinski definition) is 4. The third-order valence-electron chi connectivity index (χ3n) is 2.26. The highest BCUT2D eigenvalue weighted by atomic mass is 16.4. The van der Waals surface area contributed by atoms with Crippen molar-refractivity contribution in [2.45, 2.75) is 6.42 Å². The van der Waals surface area contributed by atoms with E-state index in [1.54, 1.807) is 11.9 Å². The van der Waals surface area contributed by atoms with E-state index in [1.807, 2.05) is 0 Å². The standard InChI is InChI=1S/C8H9N3O3/c1-11-3-2-4-6(11)5(7(12)13)10-8(14)9-4/h2-3H2,1H3,(H,12,13)(H,9,10,14). The van der Waals surface area contributed by atoms with Crippen molar-refractivity contribution in [2.24, 2.45) is 0 Å². The second-order valence-electron chi connectivity index (χ2n) is 3.19. The van der Waals surface area contributed by atoms with Crippen LogP contribution in [0.25, 0.3) is 0 Å². The van der Waals surface area contributed by atoms with Gasteiger partial charge in [0, 0.05) is 25.7 Å². The lowest BCUT2D eigenvalue weighted by molar-refractivity contribution is 0.0690. The molecule has 2 N–H and O–H groups in total. The van der Waals surface area contributed by atoms with Crippen molar-refractivity contribution < 1.29 is 9.90 Å². The first-order valence-corrected chi connectivity index (χ1v) is 4.17. The number of carboxylic acid groups (broad SMARTS) is 1. The van der Waals surface area contributed by atoms with Crippen molar-refractivity contribution >= 4 is 11.7 Å². The molecule has 1 aromatic rings. The second kappa shape index (κ2) is 2.83. The van der Waals surface area contributed by atoms with Crippen LogP contribution >= 0.6 is 0 Å². The third kappa shape index (κ3) is 1.15. The van der Waals surface area contributed by atoms with Gasteiger partial charge in [0.25, 0.3) is 0 Å². The zero-order chi connectivity index (χ0) is 10.3. The number of H-pyrrole nitrogens is 1. The van der Waals surface area contributed by atoms with Gasteiger partial charge in [-0.15, -0.1) is 0 Å². The van der Waals surface area contributed by atoms with E-state index in [9.17, 15) is 9.59 Å². The minimum absolute atomic E-state index is 0.163. The molecule has 6 nitrogen and oxygen atoms in total. The highest BCUT2D eigenvalue weighted by molar-refractivity contribution is 5.93. The predicted molar refractivity (Wildman–Crippen MR) is 48.8 cm³/mol. The molecule has 6 heteroatoms. The summed E-state index contributed by atoms with van der Waals surface area (Å²) in [7, 11) is 1.78. The molecule has 0 saturated carbocycles. The molecule has 14 heavy (non-hydrogen) atoms. The summed E-state index contributed by atoms with van der Waals surface area (Å²) >= 11 is 0. The molecule has 0 amide bonds. The van der Waals surface area contributed by atoms with Gasteiger partial charge in [-0.25, -0.2) is 9.59 Å². The number of aromatic nitrogens is 2. The molecule has 0 aliphatic carbocycles. The molecule has 2 heterocycles. The molecule has 0 bridgehead atoms. The van der Waals surface area contributed by atoms with Crippen LogP contribution in [0.4, 0.5) is 5.69 Å². The molecule has 2 rings (SSSR count). The number of nitrogens with one attached hydrogen (secondary N) is 1. The van der Waals surface area contributed by atoms with Gasteiger partial charge in [-0.2, -0.15) is 4.98 Å². The fraction of sp³-hybridized carbons (Fsp3) is 0.375. The van der Waals surface area contributed by atoms with E-state index < -0.39 is 11.7 Å². The monoisotopic (exact) mass is 195 g/mol. The van der Waals surface area contributed by atoms with Crippen molar-refractivity contribution in [1.82, 2.24) is 9.97 Å². The lowest BCUT2D eigenvalue weighted by Crippen LogP contribution is -2.21. The molecule has 1 aliphatic rings. The van der Waals surface area contributed by atoms with Crippen LogP contribution in [0.15, 0.2) is 4.79 Å². The summed E-state index contributed by atoms with van der Waals surface area (Å²) in [5, 5.41) is 8.85. The van der Waals surface area contributed by atoms with Gasteiger partial charge >= 0.3 is 11.7 Å². The molecule has 0 spiro atoms. The van der Waals surface area contributed by atoms with E-state index >= 15 is 0 Å². The Hall–Kier alpha value is -1.85. The lowest BCUT2D eigenvalue weighted by Gasteiger charge is -2.12. The zero-order valence-electron chi connectivity index (χ0n) is 7.57. The summed E-state index contributed by atoms with van der Waals surface area (Å²) < 4.78 is 0. The van der Waals surface area contributed by atoms with Gasteiger partial charge in [-0.05, 0) is 0 Å². The maximum atomic E-state index is 11.0. The molecular weight excluding hydrogens is 186 g/mol. The molecule has 0 radical (unpaired) electrons. The van der Waals surface area contributed by atoms with E-state index in [2.05, 4.69) is 9.97 Å². The van der Waals surface area contributed by atoms with Crippen molar-refractivity contribution in [2.75, 3.05) is 18.5 Å². The molecule has 0 saturated heterocycles. The van der Waals surface area contributed by atoms with Gasteiger partial charge < -0.3 is 15.0 Å². The highest BCUT2D eigenvalue weighted by Crippen LogP contribution is 2.26. The van der Waals surface area contributed by atoms with Crippen LogP contribution in [0, 0.1) is 0 Å². The van der Waals surface area contributed by atoms with E-state index in [1.165, 1.54) is 0 Å².